The summed E-state index contributed by atoms with van der Waals surface area (Å²) in [5.41, 5.74) is 1.70. The van der Waals surface area contributed by atoms with Crippen molar-refractivity contribution in [3.05, 3.63) is 55.8 Å². The molecule has 4 heteroatoms. The van der Waals surface area contributed by atoms with Crippen molar-refractivity contribution < 1.29 is 4.39 Å². The Balaban J connectivity index is 2.62. The van der Waals surface area contributed by atoms with E-state index in [0.29, 0.717) is 10.0 Å². The molecule has 0 aliphatic carbocycles. The number of hydrogen-bond donors (Lipinski definition) is 0. The summed E-state index contributed by atoms with van der Waals surface area (Å²) in [6, 6.07) is 9.82. The van der Waals surface area contributed by atoms with Crippen molar-refractivity contribution in [3.63, 3.8) is 0 Å². The zero-order valence-corrected chi connectivity index (χ0v) is 11.6. The van der Waals surface area contributed by atoms with Crippen molar-refractivity contribution in [1.29, 1.82) is 0 Å². The summed E-state index contributed by atoms with van der Waals surface area (Å²) in [4.78, 5) is 0. The topological polar surface area (TPSA) is 0 Å². The Kier molecular flexibility index (Phi) is 3.72. The quantitative estimate of drug-likeness (QED) is 0.592. The number of halogens is 4. The van der Waals surface area contributed by atoms with Crippen LogP contribution in [0.2, 0.25) is 10.0 Å². The van der Waals surface area contributed by atoms with Gasteiger partial charge < -0.3 is 0 Å². The van der Waals surface area contributed by atoms with Crippen LogP contribution in [-0.4, -0.2) is 0 Å². The van der Waals surface area contributed by atoms with Crippen LogP contribution in [-0.2, 0) is 0 Å². The van der Waals surface area contributed by atoms with Crippen LogP contribution in [0.25, 0.3) is 11.1 Å². The van der Waals surface area contributed by atoms with Crippen LogP contribution in [0, 0.1) is 9.39 Å². The van der Waals surface area contributed by atoms with E-state index in [1.807, 2.05) is 0 Å². The molecule has 0 saturated carbocycles. The molecule has 0 radical (unpaired) electrons. The van der Waals surface area contributed by atoms with Gasteiger partial charge in [0.1, 0.15) is 5.82 Å². The molecule has 0 N–H and O–H groups in total. The van der Waals surface area contributed by atoms with Gasteiger partial charge in [-0.2, -0.15) is 0 Å². The highest BCUT2D eigenvalue weighted by Crippen LogP contribution is 2.33. The fourth-order valence-electron chi connectivity index (χ4n) is 1.41. The summed E-state index contributed by atoms with van der Waals surface area (Å²) >= 11 is 14.1. The Labute approximate surface area is 117 Å². The first-order chi connectivity index (χ1) is 7.58. The third kappa shape index (κ3) is 2.50. The monoisotopic (exact) mass is 366 g/mol. The standard InChI is InChI=1S/C12H6Cl2FI/c13-7-1-4-11(14)10(5-7)9-3-2-8(15)6-12(9)16/h1-6H. The van der Waals surface area contributed by atoms with E-state index in [4.69, 9.17) is 23.2 Å². The van der Waals surface area contributed by atoms with Crippen molar-refractivity contribution >= 4 is 45.8 Å². The second-order valence-electron chi connectivity index (χ2n) is 3.25. The van der Waals surface area contributed by atoms with Gasteiger partial charge in [0, 0.05) is 19.2 Å². The molecule has 16 heavy (non-hydrogen) atoms. The Morgan fingerprint density at radius 1 is 0.938 bits per heavy atom. The normalized spacial score (nSPS) is 10.5. The highest BCUT2D eigenvalue weighted by molar-refractivity contribution is 14.1. The highest BCUT2D eigenvalue weighted by Gasteiger charge is 2.08. The van der Waals surface area contributed by atoms with E-state index in [1.165, 1.54) is 12.1 Å². The van der Waals surface area contributed by atoms with Crippen LogP contribution in [0.5, 0.6) is 0 Å². The molecule has 0 atom stereocenters. The molecule has 0 spiro atoms. The SMILES string of the molecule is Fc1ccc(-c2cc(Cl)ccc2Cl)c(I)c1. The molecular formula is C12H6Cl2FI. The molecule has 0 amide bonds. The summed E-state index contributed by atoms with van der Waals surface area (Å²) in [6.07, 6.45) is 0. The van der Waals surface area contributed by atoms with E-state index in [2.05, 4.69) is 22.6 Å². The summed E-state index contributed by atoms with van der Waals surface area (Å²) in [5.74, 6) is -0.258. The fraction of sp³-hybridized carbons (Fsp3) is 0. The maximum absolute atomic E-state index is 13.0. The van der Waals surface area contributed by atoms with Crippen LogP contribution in [0.4, 0.5) is 4.39 Å². The van der Waals surface area contributed by atoms with Gasteiger partial charge in [-0.3, -0.25) is 0 Å². The number of benzene rings is 2. The van der Waals surface area contributed by atoms with Crippen molar-refractivity contribution in [3.8, 4) is 11.1 Å². The molecular weight excluding hydrogens is 361 g/mol. The van der Waals surface area contributed by atoms with Crippen molar-refractivity contribution in [2.24, 2.45) is 0 Å². The van der Waals surface area contributed by atoms with Gasteiger partial charge in [0.05, 0.1) is 0 Å². The molecule has 0 unspecified atom stereocenters. The molecule has 82 valence electrons. The molecule has 0 saturated heterocycles. The highest BCUT2D eigenvalue weighted by atomic mass is 127. The van der Waals surface area contributed by atoms with E-state index in [0.717, 1.165) is 14.7 Å². The molecule has 0 aliphatic heterocycles. The van der Waals surface area contributed by atoms with Gasteiger partial charge in [-0.05, 0) is 58.5 Å². The van der Waals surface area contributed by atoms with Gasteiger partial charge >= 0.3 is 0 Å². The first kappa shape index (κ1) is 12.1. The minimum absolute atomic E-state index is 0.258. The fourth-order valence-corrected chi connectivity index (χ4v) is 2.57. The third-order valence-corrected chi connectivity index (χ3v) is 3.61. The molecule has 0 bridgehead atoms. The summed E-state index contributed by atoms with van der Waals surface area (Å²) in [6.45, 7) is 0. The smallest absolute Gasteiger partial charge is 0.124 e. The Morgan fingerprint density at radius 3 is 2.38 bits per heavy atom. The van der Waals surface area contributed by atoms with Gasteiger partial charge in [-0.15, -0.1) is 0 Å². The largest absolute Gasteiger partial charge is 0.207 e. The first-order valence-electron chi connectivity index (χ1n) is 4.48. The molecule has 0 aromatic heterocycles. The van der Waals surface area contributed by atoms with E-state index >= 15 is 0 Å². The van der Waals surface area contributed by atoms with E-state index < -0.39 is 0 Å². The minimum atomic E-state index is -0.258. The Morgan fingerprint density at radius 2 is 1.69 bits per heavy atom. The third-order valence-electron chi connectivity index (χ3n) is 2.15. The second-order valence-corrected chi connectivity index (χ2v) is 5.25. The van der Waals surface area contributed by atoms with Crippen molar-refractivity contribution in [2.45, 2.75) is 0 Å². The maximum Gasteiger partial charge on any atom is 0.124 e. The van der Waals surface area contributed by atoms with Crippen LogP contribution in [0.1, 0.15) is 0 Å². The summed E-state index contributed by atoms with van der Waals surface area (Å²) in [5, 5.41) is 1.22. The Hall–Kier alpha value is -0.320. The van der Waals surface area contributed by atoms with Crippen LogP contribution in [0.15, 0.2) is 36.4 Å². The van der Waals surface area contributed by atoms with E-state index in [-0.39, 0.29) is 5.82 Å². The van der Waals surface area contributed by atoms with Crippen molar-refractivity contribution in [2.75, 3.05) is 0 Å². The van der Waals surface area contributed by atoms with Crippen LogP contribution >= 0.6 is 45.8 Å². The molecule has 0 aliphatic rings. The Bertz CT molecular complexity index is 541. The molecule has 2 aromatic carbocycles. The number of rotatable bonds is 1. The molecule has 2 rings (SSSR count). The predicted molar refractivity (Wildman–Crippen MR) is 74.6 cm³/mol. The molecule has 0 nitrogen and oxygen atoms in total. The zero-order chi connectivity index (χ0) is 11.7. The van der Waals surface area contributed by atoms with Gasteiger partial charge in [0.2, 0.25) is 0 Å². The average molecular weight is 367 g/mol. The van der Waals surface area contributed by atoms with E-state index in [1.54, 1.807) is 24.3 Å². The van der Waals surface area contributed by atoms with Gasteiger partial charge in [0.15, 0.2) is 0 Å². The summed E-state index contributed by atoms with van der Waals surface area (Å²) in [7, 11) is 0. The molecule has 0 heterocycles. The zero-order valence-electron chi connectivity index (χ0n) is 7.98. The van der Waals surface area contributed by atoms with Crippen molar-refractivity contribution in [1.82, 2.24) is 0 Å². The number of hydrogen-bond acceptors (Lipinski definition) is 0. The lowest BCUT2D eigenvalue weighted by Gasteiger charge is -2.07. The lowest BCUT2D eigenvalue weighted by molar-refractivity contribution is 0.627. The van der Waals surface area contributed by atoms with Gasteiger partial charge in [0.25, 0.3) is 0 Å². The second kappa shape index (κ2) is 4.90. The van der Waals surface area contributed by atoms with Gasteiger partial charge in [-0.1, -0.05) is 29.3 Å². The molecule has 0 fully saturated rings. The van der Waals surface area contributed by atoms with Crippen LogP contribution in [0.3, 0.4) is 0 Å². The molecule has 2 aromatic rings. The maximum atomic E-state index is 13.0. The average Bonchev–Trinajstić information content (AvgIpc) is 2.22. The first-order valence-corrected chi connectivity index (χ1v) is 6.32. The van der Waals surface area contributed by atoms with Crippen LogP contribution < -0.4 is 0 Å². The lowest BCUT2D eigenvalue weighted by Crippen LogP contribution is -1.86. The minimum Gasteiger partial charge on any atom is -0.207 e. The lowest BCUT2D eigenvalue weighted by atomic mass is 10.1. The van der Waals surface area contributed by atoms with Gasteiger partial charge in [-0.25, -0.2) is 4.39 Å². The predicted octanol–water partition coefficient (Wildman–Crippen LogP) is 5.40. The van der Waals surface area contributed by atoms with E-state index in [9.17, 15) is 4.39 Å². The summed E-state index contributed by atoms with van der Waals surface area (Å²) < 4.78 is 13.8.